The quantitative estimate of drug-likeness (QED) is 0.754. The van der Waals surface area contributed by atoms with Crippen LogP contribution >= 0.6 is 11.6 Å². The molecule has 0 N–H and O–H groups in total. The number of aromatic nitrogens is 2. The fourth-order valence-electron chi connectivity index (χ4n) is 1.67. The van der Waals surface area contributed by atoms with Gasteiger partial charge in [-0.1, -0.05) is 35.5 Å². The molecule has 0 saturated heterocycles. The van der Waals surface area contributed by atoms with Gasteiger partial charge < -0.3 is 9.26 Å². The SMILES string of the molecule is CCOC(c1ccccc1)c1noc(CCCl)n1. The van der Waals surface area contributed by atoms with Crippen molar-refractivity contribution in [2.24, 2.45) is 0 Å². The van der Waals surface area contributed by atoms with E-state index in [1.165, 1.54) is 0 Å². The average molecular weight is 267 g/mol. The lowest BCUT2D eigenvalue weighted by atomic mass is 10.1. The third kappa shape index (κ3) is 3.09. The highest BCUT2D eigenvalue weighted by Crippen LogP contribution is 2.23. The Morgan fingerprint density at radius 1 is 1.33 bits per heavy atom. The molecular weight excluding hydrogens is 252 g/mol. The first-order valence-corrected chi connectivity index (χ1v) is 6.43. The summed E-state index contributed by atoms with van der Waals surface area (Å²) in [7, 11) is 0. The van der Waals surface area contributed by atoms with E-state index >= 15 is 0 Å². The lowest BCUT2D eigenvalue weighted by Gasteiger charge is -2.13. The van der Waals surface area contributed by atoms with E-state index in [0.29, 0.717) is 30.6 Å². The summed E-state index contributed by atoms with van der Waals surface area (Å²) in [6.45, 7) is 2.52. The van der Waals surface area contributed by atoms with Crippen LogP contribution < -0.4 is 0 Å². The van der Waals surface area contributed by atoms with Gasteiger partial charge in [0, 0.05) is 18.9 Å². The summed E-state index contributed by atoms with van der Waals surface area (Å²) in [6.07, 6.45) is 0.284. The molecule has 0 aliphatic carbocycles. The zero-order chi connectivity index (χ0) is 12.8. The van der Waals surface area contributed by atoms with Gasteiger partial charge in [-0.25, -0.2) is 0 Å². The molecule has 4 nitrogen and oxygen atoms in total. The van der Waals surface area contributed by atoms with Gasteiger partial charge in [0.05, 0.1) is 0 Å². The van der Waals surface area contributed by atoms with Crippen LogP contribution in [0.15, 0.2) is 34.9 Å². The van der Waals surface area contributed by atoms with E-state index < -0.39 is 0 Å². The number of aryl methyl sites for hydroxylation is 1. The van der Waals surface area contributed by atoms with E-state index in [9.17, 15) is 0 Å². The predicted octanol–water partition coefficient (Wildman–Crippen LogP) is 2.98. The Hall–Kier alpha value is -1.39. The Labute approximate surface area is 111 Å². The lowest BCUT2D eigenvalue weighted by Crippen LogP contribution is -2.08. The molecule has 0 radical (unpaired) electrons. The van der Waals surface area contributed by atoms with Crippen molar-refractivity contribution in [1.29, 1.82) is 0 Å². The standard InChI is InChI=1S/C13H15ClN2O2/c1-2-17-12(10-6-4-3-5-7-10)13-15-11(8-9-14)18-16-13/h3-7,12H,2,8-9H2,1H3. The van der Waals surface area contributed by atoms with Crippen LogP contribution in [-0.2, 0) is 11.2 Å². The third-order valence-corrected chi connectivity index (χ3v) is 2.65. The van der Waals surface area contributed by atoms with Gasteiger partial charge in [0.25, 0.3) is 0 Å². The summed E-state index contributed by atoms with van der Waals surface area (Å²) < 4.78 is 10.8. The molecule has 2 aromatic rings. The summed E-state index contributed by atoms with van der Waals surface area (Å²) in [5.41, 5.74) is 1.01. The largest absolute Gasteiger partial charge is 0.366 e. The topological polar surface area (TPSA) is 48.2 Å². The van der Waals surface area contributed by atoms with Crippen molar-refractivity contribution in [1.82, 2.24) is 10.1 Å². The van der Waals surface area contributed by atoms with Crippen LogP contribution in [0.5, 0.6) is 0 Å². The molecule has 0 saturated carbocycles. The highest BCUT2D eigenvalue weighted by molar-refractivity contribution is 6.17. The second-order valence-corrected chi connectivity index (χ2v) is 4.11. The minimum absolute atomic E-state index is 0.288. The maximum absolute atomic E-state index is 5.69. The molecule has 1 heterocycles. The molecule has 1 atom stereocenters. The second-order valence-electron chi connectivity index (χ2n) is 3.73. The van der Waals surface area contributed by atoms with E-state index in [2.05, 4.69) is 10.1 Å². The zero-order valence-corrected chi connectivity index (χ0v) is 10.9. The van der Waals surface area contributed by atoms with Crippen molar-refractivity contribution >= 4 is 11.6 Å². The molecule has 1 unspecified atom stereocenters. The Morgan fingerprint density at radius 2 is 2.11 bits per heavy atom. The van der Waals surface area contributed by atoms with E-state index in [-0.39, 0.29) is 6.10 Å². The molecule has 0 aliphatic heterocycles. The molecule has 18 heavy (non-hydrogen) atoms. The number of nitrogens with zero attached hydrogens (tertiary/aromatic N) is 2. The van der Waals surface area contributed by atoms with Crippen molar-refractivity contribution in [2.45, 2.75) is 19.4 Å². The molecule has 0 aliphatic rings. The first-order valence-electron chi connectivity index (χ1n) is 5.90. The molecule has 2 rings (SSSR count). The van der Waals surface area contributed by atoms with Crippen LogP contribution in [-0.4, -0.2) is 22.6 Å². The highest BCUT2D eigenvalue weighted by Gasteiger charge is 2.20. The van der Waals surface area contributed by atoms with Gasteiger partial charge in [-0.15, -0.1) is 11.6 Å². The monoisotopic (exact) mass is 266 g/mol. The minimum Gasteiger partial charge on any atom is -0.366 e. The van der Waals surface area contributed by atoms with Gasteiger partial charge in [-0.2, -0.15) is 4.98 Å². The van der Waals surface area contributed by atoms with Gasteiger partial charge in [0.15, 0.2) is 0 Å². The van der Waals surface area contributed by atoms with Crippen molar-refractivity contribution < 1.29 is 9.26 Å². The Bertz CT molecular complexity index is 473. The van der Waals surface area contributed by atoms with Gasteiger partial charge in [-0.3, -0.25) is 0 Å². The van der Waals surface area contributed by atoms with Crippen molar-refractivity contribution in [3.63, 3.8) is 0 Å². The lowest BCUT2D eigenvalue weighted by molar-refractivity contribution is 0.0833. The summed E-state index contributed by atoms with van der Waals surface area (Å²) in [4.78, 5) is 4.31. The number of hydrogen-bond donors (Lipinski definition) is 0. The molecular formula is C13H15ClN2O2. The fraction of sp³-hybridized carbons (Fsp3) is 0.385. The first kappa shape index (κ1) is 13.1. The molecule has 96 valence electrons. The predicted molar refractivity (Wildman–Crippen MR) is 68.6 cm³/mol. The van der Waals surface area contributed by atoms with Crippen LogP contribution in [0, 0.1) is 0 Å². The van der Waals surface area contributed by atoms with Crippen LogP contribution in [0.25, 0.3) is 0 Å². The van der Waals surface area contributed by atoms with E-state index in [1.54, 1.807) is 0 Å². The number of rotatable bonds is 6. The van der Waals surface area contributed by atoms with Crippen molar-refractivity contribution in [3.8, 4) is 0 Å². The van der Waals surface area contributed by atoms with Crippen LogP contribution in [0.4, 0.5) is 0 Å². The van der Waals surface area contributed by atoms with Gasteiger partial charge >= 0.3 is 0 Å². The third-order valence-electron chi connectivity index (χ3n) is 2.46. The summed E-state index contributed by atoms with van der Waals surface area (Å²) >= 11 is 5.64. The van der Waals surface area contributed by atoms with Gasteiger partial charge in [0.2, 0.25) is 11.7 Å². The number of ether oxygens (including phenoxy) is 1. The molecule has 1 aromatic carbocycles. The zero-order valence-electron chi connectivity index (χ0n) is 10.2. The van der Waals surface area contributed by atoms with Gasteiger partial charge in [-0.05, 0) is 12.5 Å². The second kappa shape index (κ2) is 6.52. The Morgan fingerprint density at radius 3 is 2.78 bits per heavy atom. The summed E-state index contributed by atoms with van der Waals surface area (Å²) in [5.74, 6) is 1.55. The van der Waals surface area contributed by atoms with E-state index in [0.717, 1.165) is 5.56 Å². The van der Waals surface area contributed by atoms with Crippen LogP contribution in [0.2, 0.25) is 0 Å². The smallest absolute Gasteiger partial charge is 0.227 e. The minimum atomic E-state index is -0.288. The maximum atomic E-state index is 5.69. The number of halogens is 1. The highest BCUT2D eigenvalue weighted by atomic mass is 35.5. The first-order chi connectivity index (χ1) is 8.85. The summed E-state index contributed by atoms with van der Waals surface area (Å²) in [5, 5.41) is 3.96. The fourth-order valence-corrected chi connectivity index (χ4v) is 1.83. The van der Waals surface area contributed by atoms with E-state index in [4.69, 9.17) is 20.9 Å². The average Bonchev–Trinajstić information content (AvgIpc) is 2.86. The van der Waals surface area contributed by atoms with Gasteiger partial charge in [0.1, 0.15) is 6.10 Å². The molecule has 1 aromatic heterocycles. The molecule has 0 bridgehead atoms. The van der Waals surface area contributed by atoms with Crippen molar-refractivity contribution in [2.75, 3.05) is 12.5 Å². The normalized spacial score (nSPS) is 12.6. The molecule has 0 fully saturated rings. The number of alkyl halides is 1. The van der Waals surface area contributed by atoms with Crippen LogP contribution in [0.3, 0.4) is 0 Å². The van der Waals surface area contributed by atoms with E-state index in [1.807, 2.05) is 37.3 Å². The molecule has 0 spiro atoms. The molecule has 5 heteroatoms. The number of benzene rings is 1. The summed E-state index contributed by atoms with van der Waals surface area (Å²) in [6, 6.07) is 9.85. The Balaban J connectivity index is 2.23. The van der Waals surface area contributed by atoms with Crippen LogP contribution in [0.1, 0.15) is 30.3 Å². The molecule has 0 amide bonds. The number of hydrogen-bond acceptors (Lipinski definition) is 4. The maximum Gasteiger partial charge on any atom is 0.227 e. The van der Waals surface area contributed by atoms with Crippen molar-refractivity contribution in [3.05, 3.63) is 47.6 Å². The Kier molecular flexibility index (Phi) is 4.73.